The van der Waals surface area contributed by atoms with Gasteiger partial charge in [0.05, 0.1) is 13.7 Å². The Balaban J connectivity index is 3.18. The second-order valence-corrected chi connectivity index (χ2v) is 6.72. The summed E-state index contributed by atoms with van der Waals surface area (Å²) in [5, 5.41) is 0. The molecule has 0 bridgehead atoms. The molecule has 1 aromatic rings. The molecular formula is C18H29NO3. The molecule has 0 spiro atoms. The van der Waals surface area contributed by atoms with Crippen molar-refractivity contribution in [1.82, 2.24) is 0 Å². The van der Waals surface area contributed by atoms with Gasteiger partial charge >= 0.3 is 5.97 Å². The first kappa shape index (κ1) is 18.5. The van der Waals surface area contributed by atoms with E-state index in [1.165, 1.54) is 7.11 Å². The van der Waals surface area contributed by atoms with Gasteiger partial charge in [0, 0.05) is 5.56 Å². The molecule has 0 aromatic heterocycles. The van der Waals surface area contributed by atoms with Crippen LogP contribution in [0.4, 0.5) is 0 Å². The number of carbonyl (C=O) groups excluding carboxylic acids is 1. The van der Waals surface area contributed by atoms with Crippen molar-refractivity contribution in [3.8, 4) is 5.75 Å². The number of ether oxygens (including phenoxy) is 2. The summed E-state index contributed by atoms with van der Waals surface area (Å²) >= 11 is 0. The molecule has 0 aliphatic heterocycles. The molecule has 1 aromatic carbocycles. The number of hydrogen-bond donors (Lipinski definition) is 1. The highest BCUT2D eigenvalue weighted by molar-refractivity contribution is 5.75. The third-order valence-corrected chi connectivity index (χ3v) is 3.55. The molecular weight excluding hydrogens is 278 g/mol. The Labute approximate surface area is 134 Å². The van der Waals surface area contributed by atoms with Crippen LogP contribution in [-0.4, -0.2) is 25.7 Å². The lowest BCUT2D eigenvalue weighted by molar-refractivity contribution is -0.142. The van der Waals surface area contributed by atoms with Crippen molar-refractivity contribution in [3.05, 3.63) is 28.8 Å². The Hall–Kier alpha value is -1.55. The van der Waals surface area contributed by atoms with Crippen LogP contribution in [-0.2, 0) is 21.4 Å². The van der Waals surface area contributed by atoms with Crippen molar-refractivity contribution in [2.45, 2.75) is 58.9 Å². The molecule has 1 rings (SSSR count). The summed E-state index contributed by atoms with van der Waals surface area (Å²) in [6, 6.07) is 3.50. The van der Waals surface area contributed by atoms with E-state index in [9.17, 15) is 4.79 Å². The minimum absolute atomic E-state index is 0.0425. The number of aryl methyl sites for hydroxylation is 1. The molecule has 0 amide bonds. The quantitative estimate of drug-likeness (QED) is 0.820. The summed E-state index contributed by atoms with van der Waals surface area (Å²) in [4.78, 5) is 11.5. The zero-order valence-corrected chi connectivity index (χ0v) is 14.7. The Morgan fingerprint density at radius 3 is 2.45 bits per heavy atom. The lowest BCUT2D eigenvalue weighted by Gasteiger charge is -2.25. The summed E-state index contributed by atoms with van der Waals surface area (Å²) < 4.78 is 10.6. The van der Waals surface area contributed by atoms with Crippen molar-refractivity contribution >= 4 is 5.97 Å². The topological polar surface area (TPSA) is 61.5 Å². The van der Waals surface area contributed by atoms with Crippen molar-refractivity contribution < 1.29 is 14.3 Å². The fourth-order valence-electron chi connectivity index (χ4n) is 2.41. The van der Waals surface area contributed by atoms with Crippen LogP contribution in [0.5, 0.6) is 5.75 Å². The van der Waals surface area contributed by atoms with Crippen LogP contribution in [0.15, 0.2) is 12.1 Å². The van der Waals surface area contributed by atoms with Crippen LogP contribution >= 0.6 is 0 Å². The van der Waals surface area contributed by atoms with Crippen molar-refractivity contribution in [3.63, 3.8) is 0 Å². The lowest BCUT2D eigenvalue weighted by Crippen LogP contribution is -2.33. The molecule has 4 heteroatoms. The van der Waals surface area contributed by atoms with Gasteiger partial charge in [0.2, 0.25) is 0 Å². The summed E-state index contributed by atoms with van der Waals surface area (Å²) in [5.41, 5.74) is 9.09. The number of nitrogens with two attached hydrogens (primary N) is 1. The number of carbonyl (C=O) groups is 1. The molecule has 1 unspecified atom stereocenters. The standard InChI is InChI=1S/C18H29NO3/c1-7-8-22-16-12(2)9-13(10-14(16)18(3,4)5)11-15(19)17(20)21-6/h9-10,15H,7-8,11,19H2,1-6H3. The van der Waals surface area contributed by atoms with Crippen LogP contribution in [0.3, 0.4) is 0 Å². The van der Waals surface area contributed by atoms with Gasteiger partial charge in [0.1, 0.15) is 11.8 Å². The molecule has 0 fully saturated rings. The molecule has 1 atom stereocenters. The van der Waals surface area contributed by atoms with E-state index in [1.54, 1.807) is 0 Å². The van der Waals surface area contributed by atoms with E-state index in [0.29, 0.717) is 13.0 Å². The van der Waals surface area contributed by atoms with E-state index in [0.717, 1.165) is 28.9 Å². The largest absolute Gasteiger partial charge is 0.493 e. The Morgan fingerprint density at radius 2 is 1.95 bits per heavy atom. The van der Waals surface area contributed by atoms with Gasteiger partial charge in [0.15, 0.2) is 0 Å². The van der Waals surface area contributed by atoms with Crippen LogP contribution < -0.4 is 10.5 Å². The van der Waals surface area contributed by atoms with Gasteiger partial charge in [-0.25, -0.2) is 0 Å². The first-order valence-corrected chi connectivity index (χ1v) is 7.80. The lowest BCUT2D eigenvalue weighted by atomic mass is 9.83. The van der Waals surface area contributed by atoms with E-state index < -0.39 is 6.04 Å². The molecule has 0 aliphatic carbocycles. The van der Waals surface area contributed by atoms with E-state index in [1.807, 2.05) is 13.0 Å². The van der Waals surface area contributed by atoms with E-state index in [2.05, 4.69) is 33.8 Å². The average Bonchev–Trinajstić information content (AvgIpc) is 2.43. The normalized spacial score (nSPS) is 12.9. The summed E-state index contributed by atoms with van der Waals surface area (Å²) in [6.45, 7) is 11.3. The monoisotopic (exact) mass is 307 g/mol. The Kier molecular flexibility index (Phi) is 6.42. The second-order valence-electron chi connectivity index (χ2n) is 6.72. The SMILES string of the molecule is CCCOc1c(C)cc(CC(N)C(=O)OC)cc1C(C)(C)C. The highest BCUT2D eigenvalue weighted by Gasteiger charge is 2.23. The van der Waals surface area contributed by atoms with Crippen LogP contribution in [0, 0.1) is 6.92 Å². The fourth-order valence-corrected chi connectivity index (χ4v) is 2.41. The maximum absolute atomic E-state index is 11.5. The molecule has 0 heterocycles. The average molecular weight is 307 g/mol. The number of rotatable bonds is 6. The number of esters is 1. The first-order chi connectivity index (χ1) is 10.2. The van der Waals surface area contributed by atoms with Crippen molar-refractivity contribution in [1.29, 1.82) is 0 Å². The minimum atomic E-state index is -0.639. The van der Waals surface area contributed by atoms with E-state index in [-0.39, 0.29) is 11.4 Å². The number of benzene rings is 1. The molecule has 0 radical (unpaired) electrons. The third kappa shape index (κ3) is 4.73. The maximum Gasteiger partial charge on any atom is 0.322 e. The van der Waals surface area contributed by atoms with Crippen molar-refractivity contribution in [2.24, 2.45) is 5.73 Å². The predicted molar refractivity (Wildman–Crippen MR) is 89.4 cm³/mol. The predicted octanol–water partition coefficient (Wildman–Crippen LogP) is 3.12. The smallest absolute Gasteiger partial charge is 0.322 e. The first-order valence-electron chi connectivity index (χ1n) is 7.80. The zero-order chi connectivity index (χ0) is 16.9. The van der Waals surface area contributed by atoms with Gasteiger partial charge in [0.25, 0.3) is 0 Å². The van der Waals surface area contributed by atoms with E-state index in [4.69, 9.17) is 15.2 Å². The minimum Gasteiger partial charge on any atom is -0.493 e. The molecule has 124 valence electrons. The van der Waals surface area contributed by atoms with Crippen LogP contribution in [0.25, 0.3) is 0 Å². The van der Waals surface area contributed by atoms with Gasteiger partial charge in [-0.3, -0.25) is 4.79 Å². The summed E-state index contributed by atoms with van der Waals surface area (Å²) in [7, 11) is 1.36. The molecule has 2 N–H and O–H groups in total. The van der Waals surface area contributed by atoms with Crippen molar-refractivity contribution in [2.75, 3.05) is 13.7 Å². The molecule has 0 aliphatic rings. The van der Waals surface area contributed by atoms with Crippen LogP contribution in [0.1, 0.15) is 50.8 Å². The number of hydrogen-bond acceptors (Lipinski definition) is 4. The van der Waals surface area contributed by atoms with Gasteiger partial charge in [-0.1, -0.05) is 39.8 Å². The Morgan fingerprint density at radius 1 is 1.32 bits per heavy atom. The highest BCUT2D eigenvalue weighted by atomic mass is 16.5. The van der Waals surface area contributed by atoms with Gasteiger partial charge < -0.3 is 15.2 Å². The van der Waals surface area contributed by atoms with Gasteiger partial charge in [-0.15, -0.1) is 0 Å². The van der Waals surface area contributed by atoms with Gasteiger partial charge in [-0.05, 0) is 36.3 Å². The zero-order valence-electron chi connectivity index (χ0n) is 14.7. The highest BCUT2D eigenvalue weighted by Crippen LogP contribution is 2.35. The van der Waals surface area contributed by atoms with E-state index >= 15 is 0 Å². The molecule has 0 saturated carbocycles. The fraction of sp³-hybridized carbons (Fsp3) is 0.611. The molecule has 22 heavy (non-hydrogen) atoms. The molecule has 0 saturated heterocycles. The summed E-state index contributed by atoms with van der Waals surface area (Å²) in [5.74, 6) is 0.561. The number of methoxy groups -OCH3 is 1. The van der Waals surface area contributed by atoms with Crippen LogP contribution in [0.2, 0.25) is 0 Å². The van der Waals surface area contributed by atoms with Gasteiger partial charge in [-0.2, -0.15) is 0 Å². The summed E-state index contributed by atoms with van der Waals surface area (Å²) in [6.07, 6.45) is 1.43. The second kappa shape index (κ2) is 7.63. The Bertz CT molecular complexity index is 518. The maximum atomic E-state index is 11.5. The third-order valence-electron chi connectivity index (χ3n) is 3.55. The molecule has 4 nitrogen and oxygen atoms in total.